The number of nitrogens with zero attached hydrogens (tertiary/aromatic N) is 2. The van der Waals surface area contributed by atoms with Gasteiger partial charge in [-0.15, -0.1) is 0 Å². The van der Waals surface area contributed by atoms with Crippen molar-refractivity contribution < 1.29 is 24.6 Å². The maximum atomic E-state index is 11.1. The molecular formula is C20H19N3O5. The molecule has 0 aliphatic rings. The second-order valence-corrected chi connectivity index (χ2v) is 5.60. The number of aliphatic carboxylic acids is 1. The van der Waals surface area contributed by atoms with E-state index in [2.05, 4.69) is 10.3 Å². The van der Waals surface area contributed by atoms with E-state index in [1.54, 1.807) is 48.7 Å². The molecule has 0 saturated heterocycles. The monoisotopic (exact) mass is 381 g/mol. The van der Waals surface area contributed by atoms with E-state index >= 15 is 0 Å². The average Bonchev–Trinajstić information content (AvgIpc) is 3.23. The molecule has 2 heterocycles. The predicted molar refractivity (Wildman–Crippen MR) is 102 cm³/mol. The number of rotatable bonds is 6. The van der Waals surface area contributed by atoms with E-state index in [0.29, 0.717) is 11.4 Å². The van der Waals surface area contributed by atoms with Crippen molar-refractivity contribution in [3.05, 3.63) is 78.8 Å². The number of pyridine rings is 1. The fourth-order valence-electron chi connectivity index (χ4n) is 2.15. The normalized spacial score (nSPS) is 9.71. The van der Waals surface area contributed by atoms with Crippen LogP contribution in [-0.4, -0.2) is 37.6 Å². The Morgan fingerprint density at radius 2 is 1.57 bits per heavy atom. The molecule has 0 fully saturated rings. The van der Waals surface area contributed by atoms with Crippen molar-refractivity contribution in [3.63, 3.8) is 0 Å². The summed E-state index contributed by atoms with van der Waals surface area (Å²) in [5, 5.41) is 19.5. The topological polar surface area (TPSA) is 122 Å². The maximum Gasteiger partial charge on any atom is 0.335 e. The Bertz CT molecular complexity index is 907. The number of benzene rings is 1. The first kappa shape index (κ1) is 20.4. The highest BCUT2D eigenvalue weighted by atomic mass is 16.4. The third kappa shape index (κ3) is 6.75. The minimum Gasteiger partial charge on any atom is -0.481 e. The van der Waals surface area contributed by atoms with E-state index in [9.17, 15) is 14.4 Å². The minimum absolute atomic E-state index is 0.0358. The van der Waals surface area contributed by atoms with Crippen molar-refractivity contribution >= 4 is 23.7 Å². The highest BCUT2D eigenvalue weighted by Gasteiger charge is 2.05. The second-order valence-electron chi connectivity index (χ2n) is 5.60. The quantitative estimate of drug-likeness (QED) is 0.603. The van der Waals surface area contributed by atoms with Gasteiger partial charge in [-0.25, -0.2) is 9.78 Å². The molecule has 0 aliphatic carbocycles. The van der Waals surface area contributed by atoms with Gasteiger partial charge >= 0.3 is 11.9 Å². The number of hydrogen-bond acceptors (Lipinski definition) is 4. The van der Waals surface area contributed by atoms with Crippen LogP contribution in [0.15, 0.2) is 73.2 Å². The molecule has 3 N–H and O–H groups in total. The molecule has 0 aliphatic heterocycles. The van der Waals surface area contributed by atoms with Crippen molar-refractivity contribution in [1.82, 2.24) is 9.55 Å². The number of aromatic carboxylic acids is 1. The third-order valence-corrected chi connectivity index (χ3v) is 3.52. The molecule has 0 radical (unpaired) electrons. The van der Waals surface area contributed by atoms with Crippen LogP contribution in [0.2, 0.25) is 0 Å². The molecule has 2 aromatic heterocycles. The van der Waals surface area contributed by atoms with E-state index in [1.165, 1.54) is 0 Å². The summed E-state index contributed by atoms with van der Waals surface area (Å²) in [5.41, 5.74) is 1.26. The molecular weight excluding hydrogens is 362 g/mol. The van der Waals surface area contributed by atoms with Crippen LogP contribution in [-0.2, 0) is 9.59 Å². The Balaban J connectivity index is 0.000000200. The van der Waals surface area contributed by atoms with Crippen LogP contribution in [0, 0.1) is 0 Å². The number of carboxylic acids is 2. The van der Waals surface area contributed by atoms with Crippen LogP contribution in [0.4, 0.5) is 5.82 Å². The van der Waals surface area contributed by atoms with Crippen LogP contribution in [0.1, 0.15) is 23.2 Å². The number of carbonyl (C=O) groups excluding carboxylic acids is 1. The Hall–Kier alpha value is -3.94. The molecule has 28 heavy (non-hydrogen) atoms. The fraction of sp³-hybridized carbons (Fsp3) is 0.100. The summed E-state index contributed by atoms with van der Waals surface area (Å²) >= 11 is 0. The Morgan fingerprint density at radius 1 is 0.893 bits per heavy atom. The van der Waals surface area contributed by atoms with Gasteiger partial charge in [-0.1, -0.05) is 6.07 Å². The summed E-state index contributed by atoms with van der Waals surface area (Å²) < 4.78 is 1.92. The van der Waals surface area contributed by atoms with Crippen molar-refractivity contribution in [2.75, 3.05) is 5.32 Å². The predicted octanol–water partition coefficient (Wildman–Crippen LogP) is 3.06. The molecule has 0 bridgehead atoms. The standard InChI is InChI=1S/C11H9NO2.C9H10N2O3/c13-11(14)9-3-5-10(6-4-9)12-7-1-2-8-12;12-8(4-5-9(13)14)11-7-3-1-2-6-10-7/h1-8H,(H,13,14);1-3,6H,4-5H2,(H,13,14)(H,10,11,12). The average molecular weight is 381 g/mol. The van der Waals surface area contributed by atoms with E-state index in [1.807, 2.05) is 29.1 Å². The maximum absolute atomic E-state index is 11.1. The van der Waals surface area contributed by atoms with Gasteiger partial charge in [0.15, 0.2) is 0 Å². The second kappa shape index (κ2) is 10.3. The fourth-order valence-corrected chi connectivity index (χ4v) is 2.15. The van der Waals surface area contributed by atoms with Crippen molar-refractivity contribution in [3.8, 4) is 5.69 Å². The van der Waals surface area contributed by atoms with Crippen LogP contribution < -0.4 is 5.32 Å². The molecule has 0 saturated carbocycles. The number of carboxylic acid groups (broad SMARTS) is 2. The van der Waals surface area contributed by atoms with E-state index in [0.717, 1.165) is 5.69 Å². The van der Waals surface area contributed by atoms with Crippen molar-refractivity contribution in [2.24, 2.45) is 0 Å². The molecule has 144 valence electrons. The Labute approximate surface area is 161 Å². The lowest BCUT2D eigenvalue weighted by Crippen LogP contribution is -2.13. The molecule has 8 heteroatoms. The summed E-state index contributed by atoms with van der Waals surface area (Å²) in [6.45, 7) is 0. The number of anilines is 1. The number of nitrogens with one attached hydrogen (secondary N) is 1. The van der Waals surface area contributed by atoms with Gasteiger partial charge in [0.05, 0.1) is 12.0 Å². The minimum atomic E-state index is -0.985. The van der Waals surface area contributed by atoms with Crippen molar-refractivity contribution in [1.29, 1.82) is 0 Å². The first-order chi connectivity index (χ1) is 13.5. The Kier molecular flexibility index (Phi) is 7.47. The molecule has 1 amide bonds. The van der Waals surface area contributed by atoms with E-state index < -0.39 is 11.9 Å². The van der Waals surface area contributed by atoms with Gasteiger partial charge < -0.3 is 20.1 Å². The van der Waals surface area contributed by atoms with Gasteiger partial charge in [0.2, 0.25) is 5.91 Å². The number of hydrogen-bond donors (Lipinski definition) is 3. The molecule has 0 spiro atoms. The first-order valence-corrected chi connectivity index (χ1v) is 8.35. The van der Waals surface area contributed by atoms with Gasteiger partial charge in [0.25, 0.3) is 0 Å². The summed E-state index contributed by atoms with van der Waals surface area (Å²) in [6.07, 6.45) is 5.17. The van der Waals surface area contributed by atoms with Gasteiger partial charge in [-0.3, -0.25) is 9.59 Å². The van der Waals surface area contributed by atoms with Crippen LogP contribution in [0.3, 0.4) is 0 Å². The van der Waals surface area contributed by atoms with Gasteiger partial charge in [-0.05, 0) is 48.5 Å². The van der Waals surface area contributed by atoms with E-state index in [4.69, 9.17) is 10.2 Å². The summed E-state index contributed by atoms with van der Waals surface area (Å²) in [7, 11) is 0. The molecule has 3 rings (SSSR count). The van der Waals surface area contributed by atoms with E-state index in [-0.39, 0.29) is 18.7 Å². The molecule has 0 atom stereocenters. The summed E-state index contributed by atoms with van der Waals surface area (Å²) in [4.78, 5) is 35.7. The number of carbonyl (C=O) groups is 3. The smallest absolute Gasteiger partial charge is 0.335 e. The van der Waals surface area contributed by atoms with Gasteiger partial charge in [0.1, 0.15) is 5.82 Å². The van der Waals surface area contributed by atoms with Crippen LogP contribution in [0.5, 0.6) is 0 Å². The largest absolute Gasteiger partial charge is 0.481 e. The lowest BCUT2D eigenvalue weighted by atomic mass is 10.2. The molecule has 1 aromatic carbocycles. The van der Waals surface area contributed by atoms with Crippen LogP contribution >= 0.6 is 0 Å². The number of aromatic nitrogens is 2. The zero-order chi connectivity index (χ0) is 20.4. The lowest BCUT2D eigenvalue weighted by molar-refractivity contribution is -0.138. The first-order valence-electron chi connectivity index (χ1n) is 8.35. The lowest BCUT2D eigenvalue weighted by Gasteiger charge is -2.02. The van der Waals surface area contributed by atoms with Crippen molar-refractivity contribution in [2.45, 2.75) is 12.8 Å². The number of amides is 1. The van der Waals surface area contributed by atoms with Crippen LogP contribution in [0.25, 0.3) is 5.69 Å². The highest BCUT2D eigenvalue weighted by Crippen LogP contribution is 2.09. The summed E-state index contributed by atoms with van der Waals surface area (Å²) in [5.74, 6) is -1.79. The molecule has 3 aromatic rings. The highest BCUT2D eigenvalue weighted by molar-refractivity contribution is 5.91. The Morgan fingerprint density at radius 3 is 2.11 bits per heavy atom. The third-order valence-electron chi connectivity index (χ3n) is 3.52. The molecule has 8 nitrogen and oxygen atoms in total. The SMILES string of the molecule is O=C(O)CCC(=O)Nc1ccccn1.O=C(O)c1ccc(-n2cccc2)cc1. The zero-order valence-electron chi connectivity index (χ0n) is 14.9. The molecule has 0 unspecified atom stereocenters. The van der Waals surface area contributed by atoms with Gasteiger partial charge in [0, 0.05) is 30.7 Å². The van der Waals surface area contributed by atoms with Gasteiger partial charge in [-0.2, -0.15) is 0 Å². The summed E-state index contributed by atoms with van der Waals surface area (Å²) in [6, 6.07) is 15.7. The zero-order valence-corrected chi connectivity index (χ0v) is 14.9.